The van der Waals surface area contributed by atoms with Crippen LogP contribution in [0.25, 0.3) is 0 Å². The number of benzene rings is 4. The maximum absolute atomic E-state index is 13.8. The normalized spacial score (nSPS) is 11.7. The molecule has 0 unspecified atom stereocenters. The highest BCUT2D eigenvalue weighted by atomic mass is 32.2. The van der Waals surface area contributed by atoms with Gasteiger partial charge in [0.15, 0.2) is 6.61 Å². The first-order chi connectivity index (χ1) is 22.3. The number of pyridine rings is 1. The Labute approximate surface area is 266 Å². The van der Waals surface area contributed by atoms with Crippen molar-refractivity contribution in [3.05, 3.63) is 156 Å². The number of anilines is 1. The van der Waals surface area contributed by atoms with Crippen LogP contribution >= 0.6 is 0 Å². The standard InChI is InChI=1S/C35H31FN4O5S/c36-29-13-15-30(16-14-29)39-46(43,44)32-19-17-31(18-20-32)45-25-33(41)40(24-26-8-3-1-4-9-26)34(28-11-5-2-6-12-28)35(42)38-23-27-10-7-21-37-22-27/h1-22,34,39H,23-25H2,(H,38,42)/t34-/m0/s1. The first kappa shape index (κ1) is 31.9. The maximum Gasteiger partial charge on any atom is 0.261 e. The molecule has 0 fully saturated rings. The molecule has 0 aliphatic carbocycles. The van der Waals surface area contributed by atoms with Gasteiger partial charge in [0.25, 0.3) is 15.9 Å². The third kappa shape index (κ3) is 8.54. The molecule has 46 heavy (non-hydrogen) atoms. The zero-order chi connectivity index (χ0) is 32.4. The molecule has 4 aromatic carbocycles. The Hall–Kier alpha value is -5.55. The highest BCUT2D eigenvalue weighted by molar-refractivity contribution is 7.92. The summed E-state index contributed by atoms with van der Waals surface area (Å²) in [7, 11) is -3.95. The van der Waals surface area contributed by atoms with E-state index in [9.17, 15) is 22.4 Å². The van der Waals surface area contributed by atoms with Crippen LogP contribution in [0.5, 0.6) is 5.75 Å². The molecule has 2 amide bonds. The molecule has 0 saturated carbocycles. The molecule has 0 spiro atoms. The lowest BCUT2D eigenvalue weighted by atomic mass is 10.0. The van der Waals surface area contributed by atoms with E-state index in [1.807, 2.05) is 42.5 Å². The van der Waals surface area contributed by atoms with Crippen molar-refractivity contribution >= 4 is 27.5 Å². The molecule has 0 bridgehead atoms. The van der Waals surface area contributed by atoms with Gasteiger partial charge in [-0.15, -0.1) is 0 Å². The lowest BCUT2D eigenvalue weighted by molar-refractivity contribution is -0.143. The molecule has 2 N–H and O–H groups in total. The Morgan fingerprint density at radius 3 is 2.11 bits per heavy atom. The molecule has 0 aliphatic heterocycles. The Balaban J connectivity index is 1.34. The van der Waals surface area contributed by atoms with E-state index in [-0.39, 0.29) is 35.3 Å². The summed E-state index contributed by atoms with van der Waals surface area (Å²) in [6, 6.07) is 31.5. The molecule has 11 heteroatoms. The van der Waals surface area contributed by atoms with Gasteiger partial charge in [-0.25, -0.2) is 12.8 Å². The van der Waals surface area contributed by atoms with E-state index < -0.39 is 34.4 Å². The number of rotatable bonds is 13. The monoisotopic (exact) mass is 638 g/mol. The highest BCUT2D eigenvalue weighted by Crippen LogP contribution is 2.25. The fourth-order valence-electron chi connectivity index (χ4n) is 4.68. The lowest BCUT2D eigenvalue weighted by Gasteiger charge is -2.31. The third-order valence-electron chi connectivity index (χ3n) is 6.97. The van der Waals surface area contributed by atoms with Gasteiger partial charge in [0.2, 0.25) is 5.91 Å². The minimum Gasteiger partial charge on any atom is -0.484 e. The second-order valence-corrected chi connectivity index (χ2v) is 12.0. The summed E-state index contributed by atoms with van der Waals surface area (Å²) < 4.78 is 47.0. The molecule has 234 valence electrons. The van der Waals surface area contributed by atoms with Gasteiger partial charge in [-0.05, 0) is 71.3 Å². The van der Waals surface area contributed by atoms with Gasteiger partial charge < -0.3 is 15.0 Å². The molecule has 0 saturated heterocycles. The van der Waals surface area contributed by atoms with Gasteiger partial charge in [-0.3, -0.25) is 19.3 Å². The van der Waals surface area contributed by atoms with E-state index in [2.05, 4.69) is 15.0 Å². The Morgan fingerprint density at radius 1 is 0.804 bits per heavy atom. The SMILES string of the molecule is O=C(NCc1cccnc1)[C@H](c1ccccc1)N(Cc1ccccc1)C(=O)COc1ccc(S(=O)(=O)Nc2ccc(F)cc2)cc1. The summed E-state index contributed by atoms with van der Waals surface area (Å²) in [6.07, 6.45) is 3.31. The van der Waals surface area contributed by atoms with Crippen molar-refractivity contribution in [3.8, 4) is 5.75 Å². The number of amides is 2. The van der Waals surface area contributed by atoms with Crippen molar-refractivity contribution in [2.75, 3.05) is 11.3 Å². The number of hydrogen-bond donors (Lipinski definition) is 2. The molecule has 1 aromatic heterocycles. The van der Waals surface area contributed by atoms with Crippen LogP contribution in [0, 0.1) is 5.82 Å². The Morgan fingerprint density at radius 2 is 1.46 bits per heavy atom. The first-order valence-electron chi connectivity index (χ1n) is 14.3. The van der Waals surface area contributed by atoms with Gasteiger partial charge in [-0.2, -0.15) is 0 Å². The summed E-state index contributed by atoms with van der Waals surface area (Å²) in [4.78, 5) is 33.1. The van der Waals surface area contributed by atoms with E-state index in [4.69, 9.17) is 4.74 Å². The van der Waals surface area contributed by atoms with Crippen LogP contribution in [-0.4, -0.2) is 36.7 Å². The number of halogens is 1. The van der Waals surface area contributed by atoms with Crippen LogP contribution in [0.4, 0.5) is 10.1 Å². The predicted octanol–water partition coefficient (Wildman–Crippen LogP) is 5.49. The van der Waals surface area contributed by atoms with E-state index in [1.54, 1.807) is 42.7 Å². The minimum atomic E-state index is -3.95. The largest absolute Gasteiger partial charge is 0.484 e. The fraction of sp³-hybridized carbons (Fsp3) is 0.114. The molecule has 0 aliphatic rings. The third-order valence-corrected chi connectivity index (χ3v) is 8.37. The smallest absolute Gasteiger partial charge is 0.261 e. The number of carbonyl (C=O) groups excluding carboxylic acids is 2. The molecule has 5 aromatic rings. The molecule has 1 heterocycles. The van der Waals surface area contributed by atoms with Crippen molar-refractivity contribution in [2.24, 2.45) is 0 Å². The highest BCUT2D eigenvalue weighted by Gasteiger charge is 2.32. The maximum atomic E-state index is 13.8. The van der Waals surface area contributed by atoms with Crippen LogP contribution < -0.4 is 14.8 Å². The van der Waals surface area contributed by atoms with Crippen LogP contribution in [-0.2, 0) is 32.7 Å². The number of nitrogens with one attached hydrogen (secondary N) is 2. The predicted molar refractivity (Wildman–Crippen MR) is 171 cm³/mol. The van der Waals surface area contributed by atoms with E-state index >= 15 is 0 Å². The number of nitrogens with zero attached hydrogens (tertiary/aromatic N) is 2. The summed E-state index contributed by atoms with van der Waals surface area (Å²) in [5, 5.41) is 2.94. The van der Waals surface area contributed by atoms with Crippen LogP contribution in [0.3, 0.4) is 0 Å². The van der Waals surface area contributed by atoms with E-state index in [0.29, 0.717) is 5.56 Å². The van der Waals surface area contributed by atoms with E-state index in [0.717, 1.165) is 23.3 Å². The molecular formula is C35H31FN4O5S. The second kappa shape index (κ2) is 15.0. The molecule has 0 radical (unpaired) electrons. The van der Waals surface area contributed by atoms with E-state index in [1.165, 1.54) is 41.3 Å². The fourth-order valence-corrected chi connectivity index (χ4v) is 5.73. The molecule has 9 nitrogen and oxygen atoms in total. The summed E-state index contributed by atoms with van der Waals surface area (Å²) >= 11 is 0. The van der Waals surface area contributed by atoms with Gasteiger partial charge in [0, 0.05) is 31.2 Å². The van der Waals surface area contributed by atoms with Gasteiger partial charge in [0.1, 0.15) is 17.6 Å². The van der Waals surface area contributed by atoms with Crippen LogP contribution in [0.15, 0.2) is 139 Å². The lowest BCUT2D eigenvalue weighted by Crippen LogP contribution is -2.45. The van der Waals surface area contributed by atoms with Gasteiger partial charge in [0.05, 0.1) is 4.90 Å². The molecule has 1 atom stereocenters. The zero-order valence-corrected chi connectivity index (χ0v) is 25.4. The Kier molecular flexibility index (Phi) is 10.4. The van der Waals surface area contributed by atoms with Crippen molar-refractivity contribution < 1.29 is 27.1 Å². The van der Waals surface area contributed by atoms with Gasteiger partial charge >= 0.3 is 0 Å². The zero-order valence-electron chi connectivity index (χ0n) is 24.6. The van der Waals surface area contributed by atoms with Crippen LogP contribution in [0.2, 0.25) is 0 Å². The van der Waals surface area contributed by atoms with Crippen molar-refractivity contribution in [1.29, 1.82) is 0 Å². The Bertz CT molecular complexity index is 1840. The number of sulfonamides is 1. The number of aromatic nitrogens is 1. The second-order valence-electron chi connectivity index (χ2n) is 10.3. The van der Waals surface area contributed by atoms with Crippen LogP contribution in [0.1, 0.15) is 22.7 Å². The topological polar surface area (TPSA) is 118 Å². The quantitative estimate of drug-likeness (QED) is 0.176. The average Bonchev–Trinajstić information content (AvgIpc) is 3.08. The number of carbonyl (C=O) groups is 2. The van der Waals surface area contributed by atoms with Crippen molar-refractivity contribution in [2.45, 2.75) is 24.0 Å². The number of ether oxygens (including phenoxy) is 1. The van der Waals surface area contributed by atoms with Crippen molar-refractivity contribution in [1.82, 2.24) is 15.2 Å². The summed E-state index contributed by atoms with van der Waals surface area (Å²) in [5.41, 5.74) is 2.47. The van der Waals surface area contributed by atoms with Crippen molar-refractivity contribution in [3.63, 3.8) is 0 Å². The average molecular weight is 639 g/mol. The first-order valence-corrected chi connectivity index (χ1v) is 15.8. The van der Waals surface area contributed by atoms with Gasteiger partial charge in [-0.1, -0.05) is 66.7 Å². The molecule has 5 rings (SSSR count). The minimum absolute atomic E-state index is 0.0457. The number of hydrogen-bond acceptors (Lipinski definition) is 6. The summed E-state index contributed by atoms with van der Waals surface area (Å²) in [5.74, 6) is -1.06. The molecular weight excluding hydrogens is 607 g/mol. The summed E-state index contributed by atoms with van der Waals surface area (Å²) in [6.45, 7) is -0.0493.